The minimum Gasteiger partial charge on any atom is -0.457 e. The molecule has 0 aromatic heterocycles. The highest BCUT2D eigenvalue weighted by Gasteiger charge is 2.13. The Morgan fingerprint density at radius 2 is 1.52 bits per heavy atom. The van der Waals surface area contributed by atoms with E-state index < -0.39 is 0 Å². The van der Waals surface area contributed by atoms with Gasteiger partial charge in [-0.25, -0.2) is 0 Å². The summed E-state index contributed by atoms with van der Waals surface area (Å²) in [6.45, 7) is 0. The average molecular weight is 360 g/mol. The van der Waals surface area contributed by atoms with Crippen LogP contribution >= 0.6 is 0 Å². The van der Waals surface area contributed by atoms with E-state index in [4.69, 9.17) is 4.74 Å². The van der Waals surface area contributed by atoms with E-state index in [1.165, 1.54) is 0 Å². The van der Waals surface area contributed by atoms with E-state index in [0.29, 0.717) is 29.2 Å². The molecule has 0 aliphatic heterocycles. The molecule has 0 bridgehead atoms. The van der Waals surface area contributed by atoms with E-state index >= 15 is 0 Å². The minimum atomic E-state index is -0.263. The van der Waals surface area contributed by atoms with Gasteiger partial charge < -0.3 is 15.4 Å². The summed E-state index contributed by atoms with van der Waals surface area (Å²) < 4.78 is 5.84. The van der Waals surface area contributed by atoms with Gasteiger partial charge in [-0.1, -0.05) is 42.5 Å². The molecule has 2 amide bonds. The molecule has 0 saturated heterocycles. The van der Waals surface area contributed by atoms with Crippen molar-refractivity contribution in [3.63, 3.8) is 0 Å². The molecule has 2 N–H and O–H groups in total. The number of nitrogens with one attached hydrogen (secondary N) is 2. The quantitative estimate of drug-likeness (QED) is 0.698. The van der Waals surface area contributed by atoms with Gasteiger partial charge in [0.2, 0.25) is 5.91 Å². The third-order valence-electron chi connectivity index (χ3n) is 3.96. The van der Waals surface area contributed by atoms with Crippen molar-refractivity contribution in [2.45, 2.75) is 6.42 Å². The molecular formula is C22H20N2O3. The minimum absolute atomic E-state index is 0.0567. The second-order valence-electron chi connectivity index (χ2n) is 5.91. The smallest absolute Gasteiger partial charge is 0.259 e. The second kappa shape index (κ2) is 8.67. The fraction of sp³-hybridized carbons (Fsp3) is 0.0909. The van der Waals surface area contributed by atoms with E-state index in [9.17, 15) is 9.59 Å². The van der Waals surface area contributed by atoms with Crippen LogP contribution in [0.2, 0.25) is 0 Å². The van der Waals surface area contributed by atoms with E-state index in [0.717, 1.165) is 5.56 Å². The van der Waals surface area contributed by atoms with Crippen LogP contribution in [0.3, 0.4) is 0 Å². The van der Waals surface area contributed by atoms with Crippen molar-refractivity contribution in [1.82, 2.24) is 5.32 Å². The van der Waals surface area contributed by atoms with E-state index in [2.05, 4.69) is 10.6 Å². The van der Waals surface area contributed by atoms with Gasteiger partial charge in [0.25, 0.3) is 5.91 Å². The number of carbonyl (C=O) groups is 2. The van der Waals surface area contributed by atoms with Crippen LogP contribution in [0.5, 0.6) is 11.5 Å². The molecule has 0 fully saturated rings. The number of hydrogen-bond donors (Lipinski definition) is 2. The first-order valence-corrected chi connectivity index (χ1v) is 8.58. The lowest BCUT2D eigenvalue weighted by Crippen LogP contribution is -2.19. The zero-order valence-electron chi connectivity index (χ0n) is 14.9. The van der Waals surface area contributed by atoms with Gasteiger partial charge in [-0.15, -0.1) is 0 Å². The highest BCUT2D eigenvalue weighted by molar-refractivity contribution is 6.06. The number of para-hydroxylation sites is 2. The van der Waals surface area contributed by atoms with Crippen molar-refractivity contribution < 1.29 is 14.3 Å². The van der Waals surface area contributed by atoms with Crippen molar-refractivity contribution in [3.8, 4) is 11.5 Å². The normalized spacial score (nSPS) is 10.1. The largest absolute Gasteiger partial charge is 0.457 e. The van der Waals surface area contributed by atoms with Crippen LogP contribution in [-0.2, 0) is 11.2 Å². The number of hydrogen-bond acceptors (Lipinski definition) is 3. The van der Waals surface area contributed by atoms with Crippen molar-refractivity contribution in [2.75, 3.05) is 12.4 Å². The first-order chi connectivity index (χ1) is 13.2. The summed E-state index contributed by atoms with van der Waals surface area (Å²) in [5, 5.41) is 5.44. The van der Waals surface area contributed by atoms with Gasteiger partial charge >= 0.3 is 0 Å². The molecule has 3 aromatic rings. The van der Waals surface area contributed by atoms with Crippen molar-refractivity contribution in [1.29, 1.82) is 0 Å². The molecule has 0 aliphatic rings. The number of anilines is 1. The van der Waals surface area contributed by atoms with Gasteiger partial charge in [0, 0.05) is 12.7 Å². The summed E-state index contributed by atoms with van der Waals surface area (Å²) >= 11 is 0. The maximum absolute atomic E-state index is 12.7. The van der Waals surface area contributed by atoms with E-state index in [1.54, 1.807) is 37.4 Å². The molecule has 0 radical (unpaired) electrons. The fourth-order valence-electron chi connectivity index (χ4n) is 2.54. The van der Waals surface area contributed by atoms with Gasteiger partial charge in [0.1, 0.15) is 11.5 Å². The lowest BCUT2D eigenvalue weighted by Gasteiger charge is -2.11. The van der Waals surface area contributed by atoms with Gasteiger partial charge in [-0.2, -0.15) is 0 Å². The van der Waals surface area contributed by atoms with Crippen LogP contribution in [0.1, 0.15) is 15.9 Å². The molecule has 0 spiro atoms. The maximum Gasteiger partial charge on any atom is 0.259 e. The number of likely N-dealkylation sites (N-methyl/N-ethyl adjacent to an activating group) is 1. The van der Waals surface area contributed by atoms with Crippen molar-refractivity contribution in [3.05, 3.63) is 90.0 Å². The Kier molecular flexibility index (Phi) is 5.84. The van der Waals surface area contributed by atoms with Crippen LogP contribution in [-0.4, -0.2) is 18.9 Å². The molecule has 5 nitrogen and oxygen atoms in total. The van der Waals surface area contributed by atoms with Crippen LogP contribution in [0.4, 0.5) is 5.69 Å². The van der Waals surface area contributed by atoms with Gasteiger partial charge in [-0.3, -0.25) is 9.59 Å². The number of benzene rings is 3. The Bertz CT molecular complexity index is 922. The standard InChI is InChI=1S/C22H20N2O3/c1-23-21(25)15-16-11-13-17(14-12-16)24-22(26)19-9-5-6-10-20(19)27-18-7-3-2-4-8-18/h2-14H,15H2,1H3,(H,23,25)(H,24,26). The Hall–Kier alpha value is -3.60. The second-order valence-corrected chi connectivity index (χ2v) is 5.91. The SMILES string of the molecule is CNC(=O)Cc1ccc(NC(=O)c2ccccc2Oc2ccccc2)cc1. The molecule has 0 heterocycles. The maximum atomic E-state index is 12.7. The monoisotopic (exact) mass is 360 g/mol. The van der Waals surface area contributed by atoms with Gasteiger partial charge in [-0.05, 0) is 42.0 Å². The zero-order valence-corrected chi connectivity index (χ0v) is 14.9. The number of ether oxygens (including phenoxy) is 1. The Morgan fingerprint density at radius 1 is 0.852 bits per heavy atom. The summed E-state index contributed by atoms with van der Waals surface area (Å²) in [7, 11) is 1.60. The molecule has 0 saturated carbocycles. The number of rotatable bonds is 6. The van der Waals surface area contributed by atoms with Gasteiger partial charge in [0.05, 0.1) is 12.0 Å². The van der Waals surface area contributed by atoms with E-state index in [1.807, 2.05) is 48.5 Å². The molecule has 0 atom stereocenters. The molecule has 0 unspecified atom stereocenters. The lowest BCUT2D eigenvalue weighted by molar-refractivity contribution is -0.119. The van der Waals surface area contributed by atoms with Crippen LogP contribution < -0.4 is 15.4 Å². The lowest BCUT2D eigenvalue weighted by atomic mass is 10.1. The molecule has 3 rings (SSSR count). The third kappa shape index (κ3) is 4.95. The predicted octanol–water partition coefficient (Wildman–Crippen LogP) is 4.02. The van der Waals surface area contributed by atoms with E-state index in [-0.39, 0.29) is 11.8 Å². The Labute approximate surface area is 158 Å². The van der Waals surface area contributed by atoms with Crippen LogP contribution in [0.25, 0.3) is 0 Å². The Balaban J connectivity index is 1.72. The molecule has 5 heteroatoms. The zero-order chi connectivity index (χ0) is 19.1. The van der Waals surface area contributed by atoms with Crippen LogP contribution in [0.15, 0.2) is 78.9 Å². The van der Waals surface area contributed by atoms with Crippen LogP contribution in [0, 0.1) is 0 Å². The number of carbonyl (C=O) groups excluding carboxylic acids is 2. The average Bonchev–Trinajstić information content (AvgIpc) is 2.70. The topological polar surface area (TPSA) is 67.4 Å². The number of amides is 2. The molecule has 3 aromatic carbocycles. The third-order valence-corrected chi connectivity index (χ3v) is 3.96. The Morgan fingerprint density at radius 3 is 2.22 bits per heavy atom. The summed E-state index contributed by atoms with van der Waals surface area (Å²) in [4.78, 5) is 24.1. The molecule has 0 aliphatic carbocycles. The summed E-state index contributed by atoms with van der Waals surface area (Å²) in [6.07, 6.45) is 0.304. The first-order valence-electron chi connectivity index (χ1n) is 8.58. The van der Waals surface area contributed by atoms with Gasteiger partial charge in [0.15, 0.2) is 0 Å². The highest BCUT2D eigenvalue weighted by atomic mass is 16.5. The van der Waals surface area contributed by atoms with Crippen molar-refractivity contribution in [2.24, 2.45) is 0 Å². The summed E-state index contributed by atoms with van der Waals surface area (Å²) in [6, 6.07) is 23.6. The molecule has 136 valence electrons. The van der Waals surface area contributed by atoms with Crippen molar-refractivity contribution >= 4 is 17.5 Å². The highest BCUT2D eigenvalue weighted by Crippen LogP contribution is 2.25. The summed E-state index contributed by atoms with van der Waals surface area (Å²) in [5.74, 6) is 0.827. The fourth-order valence-corrected chi connectivity index (χ4v) is 2.54. The summed E-state index contributed by atoms with van der Waals surface area (Å²) in [5.41, 5.74) is 1.96. The molecular weight excluding hydrogens is 340 g/mol. The molecule has 27 heavy (non-hydrogen) atoms. The predicted molar refractivity (Wildman–Crippen MR) is 105 cm³/mol. The first kappa shape index (κ1) is 18.2.